The van der Waals surface area contributed by atoms with Crippen molar-refractivity contribution in [1.29, 1.82) is 0 Å². The molecule has 2 aromatic rings. The van der Waals surface area contributed by atoms with E-state index in [-0.39, 0.29) is 18.0 Å². The summed E-state index contributed by atoms with van der Waals surface area (Å²) in [6, 6.07) is 4.17. The molecule has 0 bridgehead atoms. The van der Waals surface area contributed by atoms with Crippen molar-refractivity contribution in [3.63, 3.8) is 0 Å². The molecule has 0 unspecified atom stereocenters. The molecule has 0 saturated carbocycles. The molecule has 1 aromatic heterocycles. The molecule has 0 radical (unpaired) electrons. The highest BCUT2D eigenvalue weighted by Crippen LogP contribution is 2.18. The van der Waals surface area contributed by atoms with Gasteiger partial charge in [-0.1, -0.05) is 0 Å². The zero-order valence-corrected chi connectivity index (χ0v) is 10.8. The third-order valence-electron chi connectivity index (χ3n) is 2.68. The highest BCUT2D eigenvalue weighted by Gasteiger charge is 2.09. The first-order valence-electron chi connectivity index (χ1n) is 5.91. The summed E-state index contributed by atoms with van der Waals surface area (Å²) in [7, 11) is 0. The molecule has 6 heteroatoms. The molecular formula is C13H14FN3O2. The first-order chi connectivity index (χ1) is 9.11. The fourth-order valence-electron chi connectivity index (χ4n) is 1.68. The van der Waals surface area contributed by atoms with Crippen LogP contribution in [0.2, 0.25) is 0 Å². The molecule has 5 nitrogen and oxygen atoms in total. The number of Topliss-reactive ketones (excluding diaryl/α,β-unsaturated/α-hetero) is 1. The van der Waals surface area contributed by atoms with Crippen LogP contribution in [-0.2, 0) is 13.2 Å². The second-order valence-electron chi connectivity index (χ2n) is 3.98. The van der Waals surface area contributed by atoms with Crippen LogP contribution in [0.15, 0.2) is 24.5 Å². The maximum atomic E-state index is 13.6. The number of nitrogens with zero attached hydrogens (tertiary/aromatic N) is 3. The Labute approximate surface area is 110 Å². The van der Waals surface area contributed by atoms with Crippen LogP contribution in [0.25, 0.3) is 0 Å². The number of carbonyl (C=O) groups is 1. The van der Waals surface area contributed by atoms with E-state index in [2.05, 4.69) is 10.1 Å². The average molecular weight is 263 g/mol. The molecule has 1 heterocycles. The van der Waals surface area contributed by atoms with Crippen LogP contribution in [0.3, 0.4) is 0 Å². The van der Waals surface area contributed by atoms with Crippen molar-refractivity contribution < 1.29 is 13.9 Å². The maximum absolute atomic E-state index is 13.6. The summed E-state index contributed by atoms with van der Waals surface area (Å²) in [6.45, 7) is 4.16. The van der Waals surface area contributed by atoms with E-state index in [4.69, 9.17) is 4.74 Å². The Bertz CT molecular complexity index is 595. The summed E-state index contributed by atoms with van der Waals surface area (Å²) in [5.41, 5.74) is 0.0593. The highest BCUT2D eigenvalue weighted by atomic mass is 19.1. The van der Waals surface area contributed by atoms with E-state index < -0.39 is 5.82 Å². The summed E-state index contributed by atoms with van der Waals surface area (Å²) in [6.07, 6.45) is 1.45. The number of rotatable bonds is 5. The third kappa shape index (κ3) is 2.96. The van der Waals surface area contributed by atoms with Gasteiger partial charge < -0.3 is 4.74 Å². The second kappa shape index (κ2) is 5.60. The van der Waals surface area contributed by atoms with Crippen molar-refractivity contribution in [1.82, 2.24) is 14.8 Å². The molecule has 1 aromatic carbocycles. The molecule has 0 amide bonds. The van der Waals surface area contributed by atoms with Crippen molar-refractivity contribution in [2.45, 2.75) is 27.0 Å². The lowest BCUT2D eigenvalue weighted by Crippen LogP contribution is -2.07. The van der Waals surface area contributed by atoms with Gasteiger partial charge in [0.1, 0.15) is 24.5 Å². The third-order valence-corrected chi connectivity index (χ3v) is 2.68. The molecule has 0 aliphatic carbocycles. The van der Waals surface area contributed by atoms with Gasteiger partial charge in [0.05, 0.1) is 5.56 Å². The van der Waals surface area contributed by atoms with Crippen molar-refractivity contribution in [2.75, 3.05) is 0 Å². The Morgan fingerprint density at radius 1 is 1.47 bits per heavy atom. The number of halogens is 1. The average Bonchev–Trinajstić information content (AvgIpc) is 2.83. The number of carbonyl (C=O) groups excluding carboxylic acids is 1. The molecule has 0 spiro atoms. The van der Waals surface area contributed by atoms with E-state index in [1.165, 1.54) is 25.4 Å². The number of aromatic nitrogens is 3. The molecule has 100 valence electrons. The Kier molecular flexibility index (Phi) is 3.89. The molecule has 0 fully saturated rings. The van der Waals surface area contributed by atoms with Gasteiger partial charge in [-0.3, -0.25) is 4.79 Å². The zero-order valence-electron chi connectivity index (χ0n) is 10.8. The molecular weight excluding hydrogens is 249 g/mol. The van der Waals surface area contributed by atoms with Crippen molar-refractivity contribution >= 4 is 5.78 Å². The first-order valence-corrected chi connectivity index (χ1v) is 5.91. The van der Waals surface area contributed by atoms with Gasteiger partial charge in [0.2, 0.25) is 0 Å². The first kappa shape index (κ1) is 13.2. The van der Waals surface area contributed by atoms with Crippen LogP contribution in [0.1, 0.15) is 30.0 Å². The molecule has 2 rings (SSSR count). The van der Waals surface area contributed by atoms with E-state index in [0.29, 0.717) is 18.1 Å². The fraction of sp³-hybridized carbons (Fsp3) is 0.308. The second-order valence-corrected chi connectivity index (χ2v) is 3.98. The van der Waals surface area contributed by atoms with Crippen LogP contribution in [-0.4, -0.2) is 20.5 Å². The van der Waals surface area contributed by atoms with Gasteiger partial charge in [0.25, 0.3) is 0 Å². The number of benzene rings is 1. The fourth-order valence-corrected chi connectivity index (χ4v) is 1.68. The normalized spacial score (nSPS) is 10.5. The van der Waals surface area contributed by atoms with Gasteiger partial charge >= 0.3 is 0 Å². The predicted octanol–water partition coefficient (Wildman–Crippen LogP) is 2.22. The number of ether oxygens (including phenoxy) is 1. The zero-order chi connectivity index (χ0) is 13.8. The lowest BCUT2D eigenvalue weighted by atomic mass is 10.1. The number of aryl methyl sites for hydroxylation is 1. The van der Waals surface area contributed by atoms with Gasteiger partial charge in [-0.2, -0.15) is 5.10 Å². The number of ketones is 1. The van der Waals surface area contributed by atoms with Crippen LogP contribution in [0, 0.1) is 5.82 Å². The van der Waals surface area contributed by atoms with E-state index in [1.807, 2.05) is 6.92 Å². The van der Waals surface area contributed by atoms with Gasteiger partial charge in [0, 0.05) is 12.6 Å². The minimum Gasteiger partial charge on any atom is -0.486 e. The molecule has 0 aliphatic heterocycles. The number of hydrogen-bond donors (Lipinski definition) is 0. The van der Waals surface area contributed by atoms with E-state index >= 15 is 0 Å². The molecule has 0 aliphatic rings. The Morgan fingerprint density at radius 2 is 2.26 bits per heavy atom. The lowest BCUT2D eigenvalue weighted by Gasteiger charge is -2.07. The minimum absolute atomic E-state index is 0.0593. The standard InChI is InChI=1S/C13H14FN3O2/c1-3-17-13(15-8-16-17)7-19-10-4-5-11(9(2)18)12(14)6-10/h4-6,8H,3,7H2,1-2H3. The highest BCUT2D eigenvalue weighted by molar-refractivity contribution is 5.94. The predicted molar refractivity (Wildman–Crippen MR) is 66.4 cm³/mol. The topological polar surface area (TPSA) is 57.0 Å². The summed E-state index contributed by atoms with van der Waals surface area (Å²) in [4.78, 5) is 15.2. The van der Waals surface area contributed by atoms with E-state index in [9.17, 15) is 9.18 Å². The Morgan fingerprint density at radius 3 is 2.89 bits per heavy atom. The molecule has 0 atom stereocenters. The van der Waals surface area contributed by atoms with Crippen molar-refractivity contribution in [3.05, 3.63) is 41.7 Å². The molecule has 0 saturated heterocycles. The SMILES string of the molecule is CCn1ncnc1COc1ccc(C(C)=O)c(F)c1. The Balaban J connectivity index is 2.08. The van der Waals surface area contributed by atoms with E-state index in [0.717, 1.165) is 0 Å². The van der Waals surface area contributed by atoms with Crippen LogP contribution < -0.4 is 4.74 Å². The van der Waals surface area contributed by atoms with Crippen LogP contribution in [0.4, 0.5) is 4.39 Å². The Hall–Kier alpha value is -2.24. The van der Waals surface area contributed by atoms with Gasteiger partial charge in [-0.15, -0.1) is 0 Å². The summed E-state index contributed by atoms with van der Waals surface area (Å²) in [5, 5.41) is 4.01. The molecule has 0 N–H and O–H groups in total. The lowest BCUT2D eigenvalue weighted by molar-refractivity contribution is 0.101. The summed E-state index contributed by atoms with van der Waals surface area (Å²) in [5.74, 6) is 0.128. The van der Waals surface area contributed by atoms with Crippen LogP contribution >= 0.6 is 0 Å². The van der Waals surface area contributed by atoms with Gasteiger partial charge in [-0.05, 0) is 26.0 Å². The number of hydrogen-bond acceptors (Lipinski definition) is 4. The smallest absolute Gasteiger partial charge is 0.164 e. The quantitative estimate of drug-likeness (QED) is 0.776. The monoisotopic (exact) mass is 263 g/mol. The molecule has 19 heavy (non-hydrogen) atoms. The largest absolute Gasteiger partial charge is 0.486 e. The summed E-state index contributed by atoms with van der Waals surface area (Å²) < 4.78 is 20.7. The van der Waals surface area contributed by atoms with Gasteiger partial charge in [-0.25, -0.2) is 14.1 Å². The maximum Gasteiger partial charge on any atom is 0.164 e. The summed E-state index contributed by atoms with van der Waals surface area (Å²) >= 11 is 0. The van der Waals surface area contributed by atoms with Crippen molar-refractivity contribution in [2.24, 2.45) is 0 Å². The van der Waals surface area contributed by atoms with Gasteiger partial charge in [0.15, 0.2) is 11.6 Å². The van der Waals surface area contributed by atoms with Crippen LogP contribution in [0.5, 0.6) is 5.75 Å². The van der Waals surface area contributed by atoms with Crippen molar-refractivity contribution in [3.8, 4) is 5.75 Å². The minimum atomic E-state index is -0.582. The van der Waals surface area contributed by atoms with E-state index in [1.54, 1.807) is 10.7 Å².